The zero-order valence-corrected chi connectivity index (χ0v) is 18.4. The number of aromatic nitrogens is 3. The normalized spacial score (nSPS) is 11.1. The van der Waals surface area contributed by atoms with Gasteiger partial charge in [-0.15, -0.1) is 10.2 Å². The van der Waals surface area contributed by atoms with E-state index >= 15 is 0 Å². The number of alkyl halides is 2. The van der Waals surface area contributed by atoms with Crippen molar-refractivity contribution in [1.82, 2.24) is 20.1 Å². The molecule has 1 N–H and O–H groups in total. The van der Waals surface area contributed by atoms with E-state index in [2.05, 4.69) is 15.5 Å². The molecule has 0 atom stereocenters. The number of nitrogens with zero attached hydrogens (tertiary/aromatic N) is 3. The van der Waals surface area contributed by atoms with Gasteiger partial charge in [-0.05, 0) is 35.9 Å². The van der Waals surface area contributed by atoms with Crippen LogP contribution in [-0.4, -0.2) is 25.5 Å². The number of hydrogen-bond acceptors (Lipinski definition) is 4. The van der Waals surface area contributed by atoms with E-state index in [9.17, 15) is 9.18 Å². The minimum Gasteiger partial charge on any atom is -0.346 e. The van der Waals surface area contributed by atoms with Crippen molar-refractivity contribution in [3.8, 4) is 5.69 Å². The van der Waals surface area contributed by atoms with Crippen LogP contribution in [0, 0.1) is 5.82 Å². The molecule has 3 aromatic rings. The van der Waals surface area contributed by atoms with E-state index in [1.54, 1.807) is 34.9 Å². The van der Waals surface area contributed by atoms with E-state index in [0.717, 1.165) is 5.56 Å². The lowest BCUT2D eigenvalue weighted by molar-refractivity contribution is -0.119. The summed E-state index contributed by atoms with van der Waals surface area (Å²) in [4.78, 5) is 10.5. The first-order chi connectivity index (χ1) is 13.8. The van der Waals surface area contributed by atoms with Crippen LogP contribution in [0.3, 0.4) is 0 Å². The molecular weight excluding hydrogens is 481 g/mol. The molecule has 0 unspecified atom stereocenters. The maximum absolute atomic E-state index is 13.1. The molecule has 0 spiro atoms. The number of halogens is 5. The third kappa shape index (κ3) is 5.77. The second-order valence-corrected chi connectivity index (χ2v) is 8.65. The van der Waals surface area contributed by atoms with Crippen molar-refractivity contribution < 1.29 is 9.18 Å². The van der Waals surface area contributed by atoms with Gasteiger partial charge in [-0.25, -0.2) is 4.39 Å². The van der Waals surface area contributed by atoms with E-state index in [4.69, 9.17) is 46.4 Å². The van der Waals surface area contributed by atoms with Crippen molar-refractivity contribution in [1.29, 1.82) is 0 Å². The molecule has 1 amide bonds. The van der Waals surface area contributed by atoms with Gasteiger partial charge in [-0.3, -0.25) is 9.36 Å². The third-order valence-electron chi connectivity index (χ3n) is 3.75. The minimum absolute atomic E-state index is 0.0295. The van der Waals surface area contributed by atoms with Gasteiger partial charge in [0.05, 0.1) is 17.3 Å². The molecule has 11 heteroatoms. The van der Waals surface area contributed by atoms with Crippen LogP contribution in [0.25, 0.3) is 5.69 Å². The first-order valence-electron chi connectivity index (χ1n) is 8.18. The Kier molecular flexibility index (Phi) is 7.65. The number of carbonyl (C=O) groups excluding carboxylic acids is 1. The summed E-state index contributed by atoms with van der Waals surface area (Å²) >= 11 is 25.0. The second-order valence-electron chi connectivity index (χ2n) is 5.76. The van der Waals surface area contributed by atoms with Crippen LogP contribution >= 0.6 is 58.2 Å². The van der Waals surface area contributed by atoms with E-state index < -0.39 is 10.7 Å². The molecule has 0 aliphatic rings. The lowest BCUT2D eigenvalue weighted by Crippen LogP contribution is -2.29. The maximum Gasteiger partial charge on any atom is 0.253 e. The molecule has 1 aromatic heterocycles. The Hall–Kier alpha value is -1.51. The quantitative estimate of drug-likeness (QED) is 0.352. The summed E-state index contributed by atoms with van der Waals surface area (Å²) in [6.45, 7) is 0.0295. The molecule has 0 aliphatic carbocycles. The number of rotatable bonds is 7. The zero-order chi connectivity index (χ0) is 21.0. The molecule has 3 rings (SSSR count). The van der Waals surface area contributed by atoms with Gasteiger partial charge in [-0.2, -0.15) is 0 Å². The van der Waals surface area contributed by atoms with E-state index in [-0.39, 0.29) is 12.4 Å². The minimum atomic E-state index is -1.20. The molecule has 0 radical (unpaired) electrons. The summed E-state index contributed by atoms with van der Waals surface area (Å²) in [5.41, 5.74) is 1.47. The molecule has 0 saturated carbocycles. The molecule has 0 bridgehead atoms. The van der Waals surface area contributed by atoms with Crippen molar-refractivity contribution in [3.05, 3.63) is 69.7 Å². The highest BCUT2D eigenvalue weighted by Gasteiger charge is 2.19. The molecule has 0 saturated heterocycles. The smallest absolute Gasteiger partial charge is 0.253 e. The summed E-state index contributed by atoms with van der Waals surface area (Å²) < 4.78 is 14.8. The molecule has 152 valence electrons. The van der Waals surface area contributed by atoms with E-state index in [1.807, 2.05) is 0 Å². The van der Waals surface area contributed by atoms with Crippen LogP contribution in [0.4, 0.5) is 4.39 Å². The Bertz CT molecular complexity index is 1010. The largest absolute Gasteiger partial charge is 0.346 e. The lowest BCUT2D eigenvalue weighted by Gasteiger charge is -2.13. The van der Waals surface area contributed by atoms with E-state index in [0.29, 0.717) is 32.5 Å². The molecule has 0 aliphatic heterocycles. The Morgan fingerprint density at radius 1 is 1.14 bits per heavy atom. The van der Waals surface area contributed by atoms with Gasteiger partial charge in [0, 0.05) is 10.8 Å². The fourth-order valence-corrected chi connectivity index (χ4v) is 3.82. The van der Waals surface area contributed by atoms with Gasteiger partial charge >= 0.3 is 0 Å². The molecule has 1 heterocycles. The predicted molar refractivity (Wildman–Crippen MR) is 115 cm³/mol. The topological polar surface area (TPSA) is 59.8 Å². The zero-order valence-electron chi connectivity index (χ0n) is 14.6. The van der Waals surface area contributed by atoms with Crippen LogP contribution in [-0.2, 0) is 17.1 Å². The van der Waals surface area contributed by atoms with Gasteiger partial charge in [0.25, 0.3) is 5.91 Å². The van der Waals surface area contributed by atoms with E-state index in [1.165, 1.54) is 23.9 Å². The highest BCUT2D eigenvalue weighted by Crippen LogP contribution is 2.31. The Balaban J connectivity index is 1.91. The van der Waals surface area contributed by atoms with Crippen LogP contribution in [0.1, 0.15) is 11.4 Å². The molecular formula is C18H13Cl4FN4OS. The summed E-state index contributed by atoms with van der Waals surface area (Å²) in [5.74, 6) is 0.0789. The number of amides is 1. The van der Waals surface area contributed by atoms with Crippen LogP contribution in [0.15, 0.2) is 47.6 Å². The summed E-state index contributed by atoms with van der Waals surface area (Å²) in [5, 5.41) is 12.4. The molecule has 0 fully saturated rings. The monoisotopic (exact) mass is 492 g/mol. The van der Waals surface area contributed by atoms with Gasteiger partial charge in [0.2, 0.25) is 0 Å². The third-order valence-corrected chi connectivity index (χ3v) is 5.70. The average Bonchev–Trinajstić information content (AvgIpc) is 3.10. The first-order valence-corrected chi connectivity index (χ1v) is 10.8. The fraction of sp³-hybridized carbons (Fsp3) is 0.167. The Labute approximate surface area is 190 Å². The number of benzene rings is 2. The van der Waals surface area contributed by atoms with Crippen molar-refractivity contribution in [3.63, 3.8) is 0 Å². The van der Waals surface area contributed by atoms with Gasteiger partial charge in [0.1, 0.15) is 5.82 Å². The number of nitrogens with one attached hydrogen (secondary N) is 1. The van der Waals surface area contributed by atoms with Crippen LogP contribution in [0.5, 0.6) is 0 Å². The maximum atomic E-state index is 13.1. The highest BCUT2D eigenvalue weighted by molar-refractivity contribution is 7.98. The first kappa shape index (κ1) is 22.2. The fourth-order valence-electron chi connectivity index (χ4n) is 2.38. The molecule has 29 heavy (non-hydrogen) atoms. The number of thioether (sulfide) groups is 1. The standard InChI is InChI=1S/C18H13Cl4FN4OS/c19-11-3-6-13(20)14(7-11)27-15(8-24-17(28)16(21)22)25-26-18(27)29-9-10-1-4-12(23)5-2-10/h1-7,16H,8-9H2,(H,24,28). The van der Waals surface area contributed by atoms with Gasteiger partial charge < -0.3 is 5.32 Å². The summed E-state index contributed by atoms with van der Waals surface area (Å²) in [6, 6.07) is 11.2. The second kappa shape index (κ2) is 10.00. The van der Waals surface area contributed by atoms with Crippen molar-refractivity contribution in [2.75, 3.05) is 0 Å². The average molecular weight is 494 g/mol. The van der Waals surface area contributed by atoms with Crippen molar-refractivity contribution in [2.45, 2.75) is 22.3 Å². The van der Waals surface area contributed by atoms with Crippen molar-refractivity contribution in [2.24, 2.45) is 0 Å². The van der Waals surface area contributed by atoms with Gasteiger partial charge in [-0.1, -0.05) is 70.3 Å². The van der Waals surface area contributed by atoms with Crippen LogP contribution < -0.4 is 5.32 Å². The van der Waals surface area contributed by atoms with Crippen molar-refractivity contribution >= 4 is 64.1 Å². The molecule has 2 aromatic carbocycles. The summed E-state index contributed by atoms with van der Waals surface area (Å²) in [6.07, 6.45) is 0. The predicted octanol–water partition coefficient (Wildman–Crippen LogP) is 5.43. The van der Waals surface area contributed by atoms with Gasteiger partial charge in [0.15, 0.2) is 15.8 Å². The van der Waals surface area contributed by atoms with Crippen LogP contribution in [0.2, 0.25) is 10.0 Å². The Morgan fingerprint density at radius 3 is 2.55 bits per heavy atom. The molecule has 5 nitrogen and oxygen atoms in total. The summed E-state index contributed by atoms with van der Waals surface area (Å²) in [7, 11) is 0. The number of hydrogen-bond donors (Lipinski definition) is 1. The highest BCUT2D eigenvalue weighted by atomic mass is 35.5. The Morgan fingerprint density at radius 2 is 1.86 bits per heavy atom. The lowest BCUT2D eigenvalue weighted by atomic mass is 10.2. The SMILES string of the molecule is O=C(NCc1nnc(SCc2ccc(F)cc2)n1-c1cc(Cl)ccc1Cl)C(Cl)Cl. The number of carbonyl (C=O) groups is 1.